The molecule has 2 aromatic rings. The van der Waals surface area contributed by atoms with Crippen LogP contribution < -0.4 is 4.74 Å². The number of benzene rings is 1. The molecule has 0 radical (unpaired) electrons. The van der Waals surface area contributed by atoms with E-state index in [-0.39, 0.29) is 18.1 Å². The summed E-state index contributed by atoms with van der Waals surface area (Å²) < 4.78 is 23.6. The van der Waals surface area contributed by atoms with Gasteiger partial charge in [0.1, 0.15) is 12.4 Å². The third kappa shape index (κ3) is 2.51. The maximum atomic E-state index is 13.3. The number of carbonyl (C=O) groups is 1. The Kier molecular flexibility index (Phi) is 3.32. The van der Waals surface area contributed by atoms with Crippen molar-refractivity contribution in [3.05, 3.63) is 53.2 Å². The number of aromatic carboxylic acids is 1. The molecule has 0 atom stereocenters. The lowest BCUT2D eigenvalue weighted by molar-refractivity contribution is 0.0661. The van der Waals surface area contributed by atoms with E-state index in [0.29, 0.717) is 11.3 Å². The number of ether oxygens (including phenoxy) is 1. The number of carboxylic acid groups (broad SMARTS) is 1. The van der Waals surface area contributed by atoms with Gasteiger partial charge in [-0.05, 0) is 25.1 Å². The monoisotopic (exact) mass is 250 g/mol. The van der Waals surface area contributed by atoms with Gasteiger partial charge < -0.3 is 14.3 Å². The first kappa shape index (κ1) is 12.2. The molecule has 1 aromatic carbocycles. The second kappa shape index (κ2) is 4.91. The smallest absolute Gasteiger partial charge is 0.371 e. The molecular weight excluding hydrogens is 239 g/mol. The van der Waals surface area contributed by atoms with Crippen LogP contribution in [-0.2, 0) is 6.61 Å². The summed E-state index contributed by atoms with van der Waals surface area (Å²) in [5.41, 5.74) is 0.579. The molecule has 0 bridgehead atoms. The lowest BCUT2D eigenvalue weighted by Gasteiger charge is -2.05. The number of halogens is 1. The Morgan fingerprint density at radius 2 is 2.17 bits per heavy atom. The van der Waals surface area contributed by atoms with E-state index in [4.69, 9.17) is 14.3 Å². The first-order valence-electron chi connectivity index (χ1n) is 5.28. The number of furan rings is 1. The van der Waals surface area contributed by atoms with E-state index in [1.54, 1.807) is 19.1 Å². The normalized spacial score (nSPS) is 10.3. The summed E-state index contributed by atoms with van der Waals surface area (Å²) >= 11 is 0. The molecule has 0 aliphatic rings. The Morgan fingerprint density at radius 3 is 2.78 bits per heavy atom. The van der Waals surface area contributed by atoms with Crippen LogP contribution in [0.3, 0.4) is 0 Å². The first-order chi connectivity index (χ1) is 8.58. The summed E-state index contributed by atoms with van der Waals surface area (Å²) in [5.74, 6) is -1.19. The van der Waals surface area contributed by atoms with Crippen molar-refractivity contribution in [3.8, 4) is 5.75 Å². The minimum Gasteiger partial charge on any atom is -0.486 e. The van der Waals surface area contributed by atoms with Crippen LogP contribution in [0.4, 0.5) is 4.39 Å². The Balaban J connectivity index is 2.11. The molecule has 1 aromatic heterocycles. The lowest BCUT2D eigenvalue weighted by atomic mass is 10.2. The third-order valence-corrected chi connectivity index (χ3v) is 2.45. The summed E-state index contributed by atoms with van der Waals surface area (Å²) in [6.45, 7) is 1.69. The number of rotatable bonds is 4. The average Bonchev–Trinajstić information content (AvgIpc) is 2.70. The SMILES string of the molecule is Cc1oc(C(=O)O)cc1COc1ccccc1F. The van der Waals surface area contributed by atoms with Crippen molar-refractivity contribution in [2.75, 3.05) is 0 Å². The van der Waals surface area contributed by atoms with Crippen LogP contribution in [0, 0.1) is 12.7 Å². The number of hydrogen-bond acceptors (Lipinski definition) is 3. The fourth-order valence-corrected chi connectivity index (χ4v) is 1.49. The predicted molar refractivity (Wildman–Crippen MR) is 61.1 cm³/mol. The zero-order valence-electron chi connectivity index (χ0n) is 9.64. The third-order valence-electron chi connectivity index (χ3n) is 2.45. The molecule has 18 heavy (non-hydrogen) atoms. The molecule has 0 fully saturated rings. The van der Waals surface area contributed by atoms with Gasteiger partial charge in [-0.15, -0.1) is 0 Å². The molecule has 0 saturated carbocycles. The molecular formula is C13H11FO4. The molecule has 4 nitrogen and oxygen atoms in total. The summed E-state index contributed by atoms with van der Waals surface area (Å²) in [6.07, 6.45) is 0. The number of carboxylic acids is 1. The Labute approximate surface area is 103 Å². The van der Waals surface area contributed by atoms with Crippen molar-refractivity contribution < 1.29 is 23.4 Å². The summed E-state index contributed by atoms with van der Waals surface area (Å²) in [4.78, 5) is 10.7. The highest BCUT2D eigenvalue weighted by molar-refractivity contribution is 5.84. The van der Waals surface area contributed by atoms with Crippen LogP contribution in [0.1, 0.15) is 21.9 Å². The summed E-state index contributed by atoms with van der Waals surface area (Å²) in [7, 11) is 0. The molecule has 0 amide bonds. The first-order valence-corrected chi connectivity index (χ1v) is 5.28. The van der Waals surface area contributed by atoms with Crippen molar-refractivity contribution in [2.45, 2.75) is 13.5 Å². The van der Waals surface area contributed by atoms with E-state index < -0.39 is 11.8 Å². The zero-order valence-corrected chi connectivity index (χ0v) is 9.64. The van der Waals surface area contributed by atoms with Crippen LogP contribution in [0.2, 0.25) is 0 Å². The van der Waals surface area contributed by atoms with Gasteiger partial charge in [-0.2, -0.15) is 0 Å². The van der Waals surface area contributed by atoms with E-state index in [2.05, 4.69) is 0 Å². The van der Waals surface area contributed by atoms with Gasteiger partial charge >= 0.3 is 5.97 Å². The van der Waals surface area contributed by atoms with Gasteiger partial charge in [0.25, 0.3) is 0 Å². The van der Waals surface area contributed by atoms with Gasteiger partial charge in [-0.25, -0.2) is 9.18 Å². The molecule has 1 heterocycles. The van der Waals surface area contributed by atoms with Crippen molar-refractivity contribution in [3.63, 3.8) is 0 Å². The second-order valence-corrected chi connectivity index (χ2v) is 3.72. The minimum atomic E-state index is -1.14. The largest absolute Gasteiger partial charge is 0.486 e. The highest BCUT2D eigenvalue weighted by atomic mass is 19.1. The summed E-state index contributed by atoms with van der Waals surface area (Å²) in [6, 6.07) is 7.39. The quantitative estimate of drug-likeness (QED) is 0.906. The predicted octanol–water partition coefficient (Wildman–Crippen LogP) is 3.00. The summed E-state index contributed by atoms with van der Waals surface area (Å²) in [5, 5.41) is 8.76. The molecule has 0 unspecified atom stereocenters. The van der Waals surface area contributed by atoms with Crippen LogP contribution >= 0.6 is 0 Å². The van der Waals surface area contributed by atoms with Crippen molar-refractivity contribution >= 4 is 5.97 Å². The fourth-order valence-electron chi connectivity index (χ4n) is 1.49. The van der Waals surface area contributed by atoms with Gasteiger partial charge in [-0.3, -0.25) is 0 Å². The number of para-hydroxylation sites is 1. The fraction of sp³-hybridized carbons (Fsp3) is 0.154. The maximum absolute atomic E-state index is 13.3. The topological polar surface area (TPSA) is 59.7 Å². The Bertz CT molecular complexity index is 574. The molecule has 0 aliphatic carbocycles. The molecule has 1 N–H and O–H groups in total. The standard InChI is InChI=1S/C13H11FO4/c1-8-9(6-12(18-8)13(15)16)7-17-11-5-3-2-4-10(11)14/h2-6H,7H2,1H3,(H,15,16). The zero-order chi connectivity index (χ0) is 13.1. The molecule has 94 valence electrons. The van der Waals surface area contributed by atoms with Crippen LogP contribution in [-0.4, -0.2) is 11.1 Å². The van der Waals surface area contributed by atoms with E-state index >= 15 is 0 Å². The van der Waals surface area contributed by atoms with E-state index in [1.165, 1.54) is 18.2 Å². The van der Waals surface area contributed by atoms with Gasteiger partial charge in [0.15, 0.2) is 11.6 Å². The van der Waals surface area contributed by atoms with Crippen LogP contribution in [0.15, 0.2) is 34.7 Å². The molecule has 2 rings (SSSR count). The second-order valence-electron chi connectivity index (χ2n) is 3.72. The molecule has 0 spiro atoms. The van der Waals surface area contributed by atoms with Crippen molar-refractivity contribution in [2.24, 2.45) is 0 Å². The highest BCUT2D eigenvalue weighted by Gasteiger charge is 2.13. The van der Waals surface area contributed by atoms with E-state index in [0.717, 1.165) is 0 Å². The number of hydrogen-bond donors (Lipinski definition) is 1. The van der Waals surface area contributed by atoms with Crippen LogP contribution in [0.25, 0.3) is 0 Å². The minimum absolute atomic E-state index is 0.0591. The van der Waals surface area contributed by atoms with Gasteiger partial charge in [0, 0.05) is 5.56 Å². The maximum Gasteiger partial charge on any atom is 0.371 e. The van der Waals surface area contributed by atoms with E-state index in [9.17, 15) is 9.18 Å². The Hall–Kier alpha value is -2.30. The van der Waals surface area contributed by atoms with Gasteiger partial charge in [0.2, 0.25) is 5.76 Å². The van der Waals surface area contributed by atoms with E-state index in [1.807, 2.05) is 0 Å². The average molecular weight is 250 g/mol. The Morgan fingerprint density at radius 1 is 1.44 bits per heavy atom. The van der Waals surface area contributed by atoms with Gasteiger partial charge in [0.05, 0.1) is 0 Å². The van der Waals surface area contributed by atoms with Crippen LogP contribution in [0.5, 0.6) is 5.75 Å². The highest BCUT2D eigenvalue weighted by Crippen LogP contribution is 2.20. The molecule has 0 saturated heterocycles. The van der Waals surface area contributed by atoms with Crippen molar-refractivity contribution in [1.29, 1.82) is 0 Å². The molecule has 5 heteroatoms. The van der Waals surface area contributed by atoms with Crippen molar-refractivity contribution in [1.82, 2.24) is 0 Å². The molecule has 0 aliphatic heterocycles. The number of aryl methyl sites for hydroxylation is 1. The van der Waals surface area contributed by atoms with Gasteiger partial charge in [-0.1, -0.05) is 12.1 Å². The lowest BCUT2D eigenvalue weighted by Crippen LogP contribution is -1.97.